The van der Waals surface area contributed by atoms with Crippen molar-refractivity contribution in [2.24, 2.45) is 11.8 Å². The number of benzene rings is 3. The topological polar surface area (TPSA) is 132 Å². The summed E-state index contributed by atoms with van der Waals surface area (Å²) < 4.78 is 32.8. The first-order valence-corrected chi connectivity index (χ1v) is 23.6. The van der Waals surface area contributed by atoms with Crippen molar-refractivity contribution in [3.05, 3.63) is 90.5 Å². The lowest BCUT2D eigenvalue weighted by Crippen LogP contribution is -2.45. The molecule has 2 saturated heterocycles. The number of hydrogen-bond donors (Lipinski definition) is 1. The van der Waals surface area contributed by atoms with E-state index in [4.69, 9.17) is 19.2 Å². The highest BCUT2D eigenvalue weighted by Crippen LogP contribution is 2.75. The van der Waals surface area contributed by atoms with Crippen molar-refractivity contribution in [2.45, 2.75) is 126 Å². The van der Waals surface area contributed by atoms with E-state index in [1.807, 2.05) is 84.9 Å². The Balaban J connectivity index is 1.12. The van der Waals surface area contributed by atoms with E-state index in [9.17, 15) is 23.8 Å². The first-order chi connectivity index (χ1) is 28.6. The molecule has 6 atom stereocenters. The first kappa shape index (κ1) is 41.2. The third-order valence-electron chi connectivity index (χ3n) is 13.3. The third-order valence-corrected chi connectivity index (χ3v) is 16.2. The fourth-order valence-corrected chi connectivity index (χ4v) is 12.6. The fourth-order valence-electron chi connectivity index (χ4n) is 9.98. The summed E-state index contributed by atoms with van der Waals surface area (Å²) in [5, 5.41) is -0.273. The lowest BCUT2D eigenvalue weighted by Gasteiger charge is -2.30. The molecule has 4 aromatic rings. The van der Waals surface area contributed by atoms with Crippen molar-refractivity contribution in [2.75, 3.05) is 13.7 Å². The van der Waals surface area contributed by atoms with Gasteiger partial charge in [0, 0.05) is 41.8 Å². The summed E-state index contributed by atoms with van der Waals surface area (Å²) in [6, 6.07) is 25.8. The summed E-state index contributed by atoms with van der Waals surface area (Å²) in [5.41, 5.74) is 3.07. The smallest absolute Gasteiger partial charge is 0.306 e. The number of hydrogen-bond acceptors (Lipinski definition) is 8. The number of pyridine rings is 1. The van der Waals surface area contributed by atoms with Crippen LogP contribution in [0.4, 0.5) is 0 Å². The maximum atomic E-state index is 14.9. The quantitative estimate of drug-likeness (QED) is 0.123. The number of amides is 1. The highest BCUT2D eigenvalue weighted by molar-refractivity contribution is 7.59. The average Bonchev–Trinajstić information content (AvgIpc) is 3.49. The van der Waals surface area contributed by atoms with Gasteiger partial charge in [0.05, 0.1) is 48.6 Å². The minimum Gasteiger partial charge on any atom is -0.497 e. The number of Topliss-reactive ketones (excluding diaryl/α,β-unsaturated/α-hetero) is 1. The standard InChI is InChI=1S/C48H57N2O8P/c1-56-38-23-24-40-42(26-38)49-41(34-17-10-6-11-18-34)28-45(40)57-39-27-43-44(51)30-48(59(54,55)32-33-15-7-5-8-16-33)29-36(48)20-12-4-2-3-9-19-35(47(53)50(43)31-39)25-46(52)58-37-21-13-14-22-37/h5-8,10-11,15-18,23-24,26,28,35-37,39,43H,2-4,9,12-14,19-22,25,27,29-32H2,1H3,(H,54,55)/t35?,36-,39-,43+,48-/m1/s1. The molecule has 1 aromatic heterocycles. The van der Waals surface area contributed by atoms with Crippen LogP contribution in [0.2, 0.25) is 0 Å². The van der Waals surface area contributed by atoms with Crippen LogP contribution in [-0.4, -0.2) is 69.5 Å². The van der Waals surface area contributed by atoms with Crippen molar-refractivity contribution >= 4 is 35.9 Å². The Morgan fingerprint density at radius 2 is 1.56 bits per heavy atom. The van der Waals surface area contributed by atoms with Gasteiger partial charge in [-0.15, -0.1) is 0 Å². The molecule has 0 spiro atoms. The molecule has 11 heteroatoms. The molecule has 3 aromatic carbocycles. The normalized spacial score (nSPS) is 26.6. The van der Waals surface area contributed by atoms with Gasteiger partial charge in [0.25, 0.3) is 0 Å². The van der Waals surface area contributed by atoms with Crippen molar-refractivity contribution in [3.8, 4) is 22.8 Å². The number of rotatable bonds is 10. The number of carbonyl (C=O) groups excluding carboxylic acids is 3. The van der Waals surface area contributed by atoms with Gasteiger partial charge in [0.2, 0.25) is 13.3 Å². The zero-order chi connectivity index (χ0) is 41.0. The van der Waals surface area contributed by atoms with Gasteiger partial charge in [0.15, 0.2) is 5.78 Å². The van der Waals surface area contributed by atoms with E-state index in [1.165, 1.54) is 0 Å². The van der Waals surface area contributed by atoms with E-state index in [1.54, 1.807) is 12.0 Å². The van der Waals surface area contributed by atoms with E-state index in [-0.39, 0.29) is 61.7 Å². The van der Waals surface area contributed by atoms with Crippen LogP contribution in [-0.2, 0) is 29.8 Å². The second kappa shape index (κ2) is 18.0. The molecule has 0 radical (unpaired) electrons. The molecule has 4 aliphatic rings. The third kappa shape index (κ3) is 9.29. The van der Waals surface area contributed by atoms with Crippen LogP contribution in [0, 0.1) is 11.8 Å². The van der Waals surface area contributed by atoms with Crippen molar-refractivity contribution in [1.82, 2.24) is 9.88 Å². The van der Waals surface area contributed by atoms with E-state index < -0.39 is 30.6 Å². The summed E-state index contributed by atoms with van der Waals surface area (Å²) in [6.07, 6.45) is 9.60. The van der Waals surface area contributed by atoms with Crippen molar-refractivity contribution in [3.63, 3.8) is 0 Å². The Hall–Kier alpha value is -4.53. The van der Waals surface area contributed by atoms with Gasteiger partial charge in [-0.25, -0.2) is 4.98 Å². The van der Waals surface area contributed by atoms with Crippen LogP contribution in [0.15, 0.2) is 84.9 Å². The summed E-state index contributed by atoms with van der Waals surface area (Å²) >= 11 is 0. The first-order valence-electron chi connectivity index (χ1n) is 21.7. The van der Waals surface area contributed by atoms with E-state index in [0.29, 0.717) is 35.6 Å². The minimum atomic E-state index is -3.87. The second-order valence-electron chi connectivity index (χ2n) is 17.4. The molecule has 1 N–H and O–H groups in total. The Kier molecular flexibility index (Phi) is 12.6. The van der Waals surface area contributed by atoms with Crippen LogP contribution in [0.1, 0.15) is 102 Å². The zero-order valence-corrected chi connectivity index (χ0v) is 35.0. The largest absolute Gasteiger partial charge is 0.497 e. The summed E-state index contributed by atoms with van der Waals surface area (Å²) in [6.45, 7) is 0.140. The van der Waals surface area contributed by atoms with Gasteiger partial charge in [-0.05, 0) is 68.6 Å². The molecule has 10 nitrogen and oxygen atoms in total. The number of ether oxygens (including phenoxy) is 3. The van der Waals surface area contributed by atoms with E-state index in [0.717, 1.165) is 80.7 Å². The van der Waals surface area contributed by atoms with Crippen LogP contribution in [0.25, 0.3) is 22.2 Å². The zero-order valence-electron chi connectivity index (χ0n) is 34.1. The van der Waals surface area contributed by atoms with Gasteiger partial charge in [-0.2, -0.15) is 0 Å². The molecular weight excluding hydrogens is 764 g/mol. The summed E-state index contributed by atoms with van der Waals surface area (Å²) in [4.78, 5) is 61.7. The summed E-state index contributed by atoms with van der Waals surface area (Å²) in [5.74, 6) is -0.289. The molecule has 59 heavy (non-hydrogen) atoms. The van der Waals surface area contributed by atoms with Crippen molar-refractivity contribution < 1.29 is 38.1 Å². The van der Waals surface area contributed by atoms with E-state index in [2.05, 4.69) is 0 Å². The van der Waals surface area contributed by atoms with Gasteiger partial charge < -0.3 is 24.0 Å². The minimum absolute atomic E-state index is 0.00545. The Morgan fingerprint density at radius 1 is 0.864 bits per heavy atom. The summed E-state index contributed by atoms with van der Waals surface area (Å²) in [7, 11) is -2.26. The average molecular weight is 821 g/mol. The highest BCUT2D eigenvalue weighted by Gasteiger charge is 2.65. The molecule has 312 valence electrons. The lowest BCUT2D eigenvalue weighted by molar-refractivity contribution is -0.154. The Labute approximate surface area is 347 Å². The number of carbonyl (C=O) groups is 3. The second-order valence-corrected chi connectivity index (χ2v) is 20.0. The van der Waals surface area contributed by atoms with Gasteiger partial charge >= 0.3 is 5.97 Å². The van der Waals surface area contributed by atoms with Crippen molar-refractivity contribution in [1.29, 1.82) is 0 Å². The predicted octanol–water partition coefficient (Wildman–Crippen LogP) is 9.68. The van der Waals surface area contributed by atoms with Gasteiger partial charge in [0.1, 0.15) is 23.7 Å². The maximum Gasteiger partial charge on any atom is 0.306 e. The predicted molar refractivity (Wildman–Crippen MR) is 227 cm³/mol. The monoisotopic (exact) mass is 820 g/mol. The van der Waals surface area contributed by atoms with Crippen LogP contribution >= 0.6 is 7.37 Å². The van der Waals surface area contributed by atoms with Crippen LogP contribution < -0.4 is 9.47 Å². The molecule has 4 fully saturated rings. The molecule has 3 heterocycles. The molecule has 1 amide bonds. The van der Waals surface area contributed by atoms with Gasteiger partial charge in [-0.1, -0.05) is 92.8 Å². The molecule has 0 bridgehead atoms. The highest BCUT2D eigenvalue weighted by atomic mass is 31.2. The fraction of sp³-hybridized carbons (Fsp3) is 0.500. The number of esters is 1. The van der Waals surface area contributed by atoms with Crippen LogP contribution in [0.3, 0.4) is 0 Å². The number of methoxy groups -OCH3 is 1. The molecule has 2 saturated carbocycles. The van der Waals surface area contributed by atoms with Gasteiger partial charge in [-0.3, -0.25) is 18.9 Å². The maximum absolute atomic E-state index is 14.9. The van der Waals surface area contributed by atoms with Crippen LogP contribution in [0.5, 0.6) is 11.5 Å². The Bertz CT molecular complexity index is 2180. The molecule has 2 aliphatic heterocycles. The number of aromatic nitrogens is 1. The number of ketones is 1. The molecule has 8 rings (SSSR count). The SMILES string of the molecule is COc1ccc2c(O[C@@H]3C[C@H]4C(=O)C[C@]5(P(=O)(O)Cc6ccccc6)C[C@H]5CCCCCCCC(CC(=O)OC5CCCC5)C(=O)N4C3)cc(-c3ccccc3)nc2c1. The molecular formula is C48H57N2O8P. The lowest BCUT2D eigenvalue weighted by atomic mass is 9.94. The Morgan fingerprint density at radius 3 is 2.31 bits per heavy atom. The number of nitrogens with zero attached hydrogens (tertiary/aromatic N) is 2. The molecule has 2 aliphatic carbocycles. The van der Waals surface area contributed by atoms with E-state index >= 15 is 0 Å². The number of fused-ring (bicyclic) bond motifs is 3. The molecule has 2 unspecified atom stereocenters.